The van der Waals surface area contributed by atoms with Crippen molar-refractivity contribution in [3.63, 3.8) is 0 Å². The van der Waals surface area contributed by atoms with Crippen LogP contribution in [0.4, 0.5) is 17.1 Å². The number of hydrogen-bond acceptors (Lipinski definition) is 1. The Morgan fingerprint density at radius 1 is 0.282 bits per heavy atom. The summed E-state index contributed by atoms with van der Waals surface area (Å²) in [5.74, 6) is 0. The molecule has 71 heavy (non-hydrogen) atoms. The Hall–Kier alpha value is -8.98. The minimum atomic E-state index is -0.0614. The summed E-state index contributed by atoms with van der Waals surface area (Å²) in [6.45, 7) is 4.69. The first-order chi connectivity index (χ1) is 34.9. The van der Waals surface area contributed by atoms with Gasteiger partial charge in [-0.05, 0) is 151 Å². The van der Waals surface area contributed by atoms with Crippen molar-refractivity contribution in [3.8, 4) is 72.4 Å². The van der Waals surface area contributed by atoms with E-state index in [1.807, 2.05) is 0 Å². The highest BCUT2D eigenvalue weighted by molar-refractivity contribution is 6.10. The molecule has 2 nitrogen and oxygen atoms in total. The number of rotatable bonds is 9. The van der Waals surface area contributed by atoms with Gasteiger partial charge in [-0.25, -0.2) is 0 Å². The topological polar surface area (TPSA) is 8.17 Å². The van der Waals surface area contributed by atoms with Gasteiger partial charge >= 0.3 is 0 Å². The van der Waals surface area contributed by atoms with Crippen LogP contribution in [0, 0.1) is 0 Å². The third-order valence-corrected chi connectivity index (χ3v) is 14.8. The maximum absolute atomic E-state index is 2.46. The van der Waals surface area contributed by atoms with Gasteiger partial charge in [0.05, 0.1) is 11.0 Å². The number of fused-ring (bicyclic) bond motifs is 6. The summed E-state index contributed by atoms with van der Waals surface area (Å²) in [7, 11) is 0. The summed E-state index contributed by atoms with van der Waals surface area (Å²) in [6.07, 6.45) is 0. The van der Waals surface area contributed by atoms with Crippen molar-refractivity contribution >= 4 is 38.9 Å². The highest BCUT2D eigenvalue weighted by Gasteiger charge is 2.35. The van der Waals surface area contributed by atoms with Crippen LogP contribution in [0.25, 0.3) is 94.3 Å². The van der Waals surface area contributed by atoms with Crippen LogP contribution >= 0.6 is 0 Å². The molecule has 0 unspecified atom stereocenters. The standard InChI is InChI=1S/C69H50N2/c1-69(2)65-27-14-12-25-61(65)64-46-59(38-40-66(64)69)70(57-34-29-50(30-35-57)47-17-6-3-7-18-47)58-36-31-51(32-37-58)52-23-16-24-53(41-52)54-33-39-63-62-26-13-15-28-67(62)71(68(63)45-54)60-43-55(48-19-8-4-9-20-48)42-56(44-60)49-21-10-5-11-22-49/h3-46H,1-2H3. The summed E-state index contributed by atoms with van der Waals surface area (Å²) in [6, 6.07) is 97.9. The van der Waals surface area contributed by atoms with Gasteiger partial charge in [0.15, 0.2) is 0 Å². The third kappa shape index (κ3) is 7.44. The fraction of sp³-hybridized carbons (Fsp3) is 0.0435. The average molecular weight is 907 g/mol. The molecule has 11 aromatic carbocycles. The molecular weight excluding hydrogens is 857 g/mol. The molecule has 0 atom stereocenters. The fourth-order valence-corrected chi connectivity index (χ4v) is 11.2. The second-order valence-corrected chi connectivity index (χ2v) is 19.4. The predicted molar refractivity (Wildman–Crippen MR) is 300 cm³/mol. The van der Waals surface area contributed by atoms with E-state index < -0.39 is 0 Å². The monoisotopic (exact) mass is 906 g/mol. The zero-order chi connectivity index (χ0) is 47.5. The van der Waals surface area contributed by atoms with Gasteiger partial charge in [0.25, 0.3) is 0 Å². The van der Waals surface area contributed by atoms with Crippen LogP contribution in [0.15, 0.2) is 267 Å². The molecule has 0 radical (unpaired) electrons. The maximum atomic E-state index is 2.46. The molecule has 0 N–H and O–H groups in total. The van der Waals surface area contributed by atoms with Crippen molar-refractivity contribution in [2.24, 2.45) is 0 Å². The normalized spacial score (nSPS) is 12.5. The molecule has 0 fully saturated rings. The number of hydrogen-bond donors (Lipinski definition) is 0. The molecule has 336 valence electrons. The van der Waals surface area contributed by atoms with Crippen LogP contribution in [0.5, 0.6) is 0 Å². The molecular formula is C69H50N2. The first kappa shape index (κ1) is 42.1. The van der Waals surface area contributed by atoms with Gasteiger partial charge in [0, 0.05) is 38.9 Å². The quantitative estimate of drug-likeness (QED) is 0.140. The first-order valence-electron chi connectivity index (χ1n) is 24.7. The number of aromatic nitrogens is 1. The molecule has 1 aliphatic rings. The summed E-state index contributed by atoms with van der Waals surface area (Å²) in [4.78, 5) is 2.40. The van der Waals surface area contributed by atoms with Crippen molar-refractivity contribution in [3.05, 3.63) is 278 Å². The first-order valence-corrected chi connectivity index (χ1v) is 24.7. The summed E-state index contributed by atoms with van der Waals surface area (Å²) < 4.78 is 2.46. The van der Waals surface area contributed by atoms with Gasteiger partial charge in [-0.15, -0.1) is 0 Å². The Bertz CT molecular complexity index is 3860. The van der Waals surface area contributed by atoms with Crippen LogP contribution < -0.4 is 4.90 Å². The molecule has 0 spiro atoms. The number of nitrogens with zero attached hydrogens (tertiary/aromatic N) is 2. The van der Waals surface area contributed by atoms with Gasteiger partial charge in [-0.3, -0.25) is 0 Å². The zero-order valence-corrected chi connectivity index (χ0v) is 39.8. The molecule has 0 aliphatic heterocycles. The number of para-hydroxylation sites is 1. The Balaban J connectivity index is 0.885. The second kappa shape index (κ2) is 17.2. The van der Waals surface area contributed by atoms with Crippen LogP contribution in [0.3, 0.4) is 0 Å². The van der Waals surface area contributed by atoms with E-state index in [4.69, 9.17) is 0 Å². The van der Waals surface area contributed by atoms with Crippen LogP contribution in [0.2, 0.25) is 0 Å². The molecule has 13 rings (SSSR count). The van der Waals surface area contributed by atoms with Crippen molar-refractivity contribution in [1.82, 2.24) is 4.57 Å². The van der Waals surface area contributed by atoms with Crippen molar-refractivity contribution < 1.29 is 0 Å². The molecule has 0 bridgehead atoms. The second-order valence-electron chi connectivity index (χ2n) is 19.4. The average Bonchev–Trinajstić information content (AvgIpc) is 3.89. The van der Waals surface area contributed by atoms with E-state index in [1.165, 1.54) is 99.7 Å². The van der Waals surface area contributed by atoms with E-state index in [9.17, 15) is 0 Å². The largest absolute Gasteiger partial charge is 0.310 e. The fourth-order valence-electron chi connectivity index (χ4n) is 11.2. The molecule has 1 heterocycles. The van der Waals surface area contributed by atoms with Crippen molar-refractivity contribution in [2.45, 2.75) is 19.3 Å². The highest BCUT2D eigenvalue weighted by atomic mass is 15.1. The Kier molecular flexibility index (Phi) is 10.2. The molecule has 0 saturated heterocycles. The van der Waals surface area contributed by atoms with Crippen LogP contribution in [0.1, 0.15) is 25.0 Å². The maximum Gasteiger partial charge on any atom is 0.0547 e. The predicted octanol–water partition coefficient (Wildman–Crippen LogP) is 18.9. The Labute approximate surface area is 416 Å². The van der Waals surface area contributed by atoms with E-state index >= 15 is 0 Å². The minimum absolute atomic E-state index is 0.0614. The number of anilines is 3. The van der Waals surface area contributed by atoms with Crippen molar-refractivity contribution in [1.29, 1.82) is 0 Å². The molecule has 0 amide bonds. The SMILES string of the molecule is CC1(C)c2ccccc2-c2cc(N(c3ccc(-c4ccccc4)cc3)c3ccc(-c4cccc(-c5ccc6c7ccccc7n(-c7cc(-c8ccccc8)cc(-c8ccccc8)c7)c6c5)c4)cc3)ccc21. The lowest BCUT2D eigenvalue weighted by atomic mass is 9.82. The van der Waals surface area contributed by atoms with E-state index in [2.05, 4.69) is 290 Å². The van der Waals surface area contributed by atoms with Gasteiger partial charge in [-0.2, -0.15) is 0 Å². The summed E-state index contributed by atoms with van der Waals surface area (Å²) >= 11 is 0. The van der Waals surface area contributed by atoms with Crippen LogP contribution in [-0.2, 0) is 5.41 Å². The lowest BCUT2D eigenvalue weighted by molar-refractivity contribution is 0.660. The summed E-state index contributed by atoms with van der Waals surface area (Å²) in [5, 5.41) is 2.47. The lowest BCUT2D eigenvalue weighted by Crippen LogP contribution is -2.15. The van der Waals surface area contributed by atoms with E-state index in [1.54, 1.807) is 0 Å². The van der Waals surface area contributed by atoms with E-state index in [-0.39, 0.29) is 5.41 Å². The van der Waals surface area contributed by atoms with Crippen molar-refractivity contribution in [2.75, 3.05) is 4.90 Å². The minimum Gasteiger partial charge on any atom is -0.310 e. The molecule has 0 saturated carbocycles. The molecule has 12 aromatic rings. The Morgan fingerprint density at radius 3 is 1.37 bits per heavy atom. The van der Waals surface area contributed by atoms with E-state index in [0.717, 1.165) is 22.7 Å². The van der Waals surface area contributed by atoms with E-state index in [0.29, 0.717) is 0 Å². The van der Waals surface area contributed by atoms with Gasteiger partial charge in [0.1, 0.15) is 0 Å². The Morgan fingerprint density at radius 2 is 0.718 bits per heavy atom. The van der Waals surface area contributed by atoms with Gasteiger partial charge in [-0.1, -0.05) is 208 Å². The van der Waals surface area contributed by atoms with Gasteiger partial charge in [0.2, 0.25) is 0 Å². The van der Waals surface area contributed by atoms with Crippen LogP contribution in [-0.4, -0.2) is 4.57 Å². The molecule has 1 aliphatic carbocycles. The lowest BCUT2D eigenvalue weighted by Gasteiger charge is -2.27. The zero-order valence-electron chi connectivity index (χ0n) is 39.8. The molecule has 2 heteroatoms. The highest BCUT2D eigenvalue weighted by Crippen LogP contribution is 2.51. The smallest absolute Gasteiger partial charge is 0.0547 e. The molecule has 1 aromatic heterocycles. The third-order valence-electron chi connectivity index (χ3n) is 14.8. The summed E-state index contributed by atoms with van der Waals surface area (Å²) in [5.41, 5.74) is 24.0. The van der Waals surface area contributed by atoms with Gasteiger partial charge < -0.3 is 9.47 Å². The number of benzene rings is 11.